The Kier molecular flexibility index (Phi) is 6.10. The van der Waals surface area contributed by atoms with Gasteiger partial charge in [0.2, 0.25) is 0 Å². The summed E-state index contributed by atoms with van der Waals surface area (Å²) in [6, 6.07) is 25.3. The van der Waals surface area contributed by atoms with Gasteiger partial charge in [0.1, 0.15) is 6.54 Å². The molecule has 1 aliphatic heterocycles. The van der Waals surface area contributed by atoms with E-state index in [9.17, 15) is 9.59 Å². The Bertz CT molecular complexity index is 1110. The number of amides is 3. The number of hydrogen-bond donors (Lipinski definition) is 2. The van der Waals surface area contributed by atoms with Crippen LogP contribution in [0.5, 0.6) is 0 Å². The zero-order valence-corrected chi connectivity index (χ0v) is 18.9. The number of aryl methyl sites for hydroxylation is 2. The van der Waals surface area contributed by atoms with Gasteiger partial charge in [0.25, 0.3) is 5.91 Å². The Morgan fingerprint density at radius 3 is 2.12 bits per heavy atom. The molecule has 1 fully saturated rings. The quantitative estimate of drug-likeness (QED) is 0.568. The molecule has 2 atom stereocenters. The van der Waals surface area contributed by atoms with Gasteiger partial charge in [-0.3, -0.25) is 4.79 Å². The van der Waals surface area contributed by atoms with Gasteiger partial charge in [-0.2, -0.15) is 0 Å². The maximum Gasteiger partial charge on any atom is 0.330 e. The highest BCUT2D eigenvalue weighted by atomic mass is 16.2. The molecule has 0 spiro atoms. The first-order valence-electron chi connectivity index (χ1n) is 11.1. The molecule has 1 saturated heterocycles. The SMILES string of the molecule is CC[NH+](Cc1ccccc1)CN1C(=O)N[C@@](c2ccccc2)(c2ccc(C)c(C)c2)C1=O. The second kappa shape index (κ2) is 8.97. The average molecular weight is 429 g/mol. The van der Waals surface area contributed by atoms with E-state index in [-0.39, 0.29) is 11.9 Å². The zero-order chi connectivity index (χ0) is 22.7. The number of hydrogen-bond acceptors (Lipinski definition) is 2. The molecule has 3 aromatic carbocycles. The summed E-state index contributed by atoms with van der Waals surface area (Å²) in [5, 5.41) is 3.06. The van der Waals surface area contributed by atoms with E-state index in [0.717, 1.165) is 40.2 Å². The summed E-state index contributed by atoms with van der Waals surface area (Å²) in [6.07, 6.45) is 0. The van der Waals surface area contributed by atoms with Crippen molar-refractivity contribution in [1.82, 2.24) is 10.2 Å². The lowest BCUT2D eigenvalue weighted by atomic mass is 9.81. The van der Waals surface area contributed by atoms with Crippen LogP contribution in [0.2, 0.25) is 0 Å². The van der Waals surface area contributed by atoms with Crippen LogP contribution in [0.4, 0.5) is 4.79 Å². The van der Waals surface area contributed by atoms with Crippen molar-refractivity contribution in [3.63, 3.8) is 0 Å². The molecule has 32 heavy (non-hydrogen) atoms. The van der Waals surface area contributed by atoms with E-state index < -0.39 is 5.54 Å². The Labute approximate surface area is 189 Å². The third kappa shape index (κ3) is 3.92. The Morgan fingerprint density at radius 2 is 1.50 bits per heavy atom. The molecule has 2 N–H and O–H groups in total. The highest BCUT2D eigenvalue weighted by Crippen LogP contribution is 2.36. The van der Waals surface area contributed by atoms with Crippen molar-refractivity contribution >= 4 is 11.9 Å². The number of imide groups is 1. The summed E-state index contributed by atoms with van der Waals surface area (Å²) in [7, 11) is 0. The third-order valence-electron chi connectivity index (χ3n) is 6.43. The largest absolute Gasteiger partial charge is 0.330 e. The van der Waals surface area contributed by atoms with Crippen LogP contribution in [-0.4, -0.2) is 30.1 Å². The van der Waals surface area contributed by atoms with E-state index in [2.05, 4.69) is 24.4 Å². The summed E-state index contributed by atoms with van der Waals surface area (Å²) in [5.41, 5.74) is 3.75. The third-order valence-corrected chi connectivity index (χ3v) is 6.43. The lowest BCUT2D eigenvalue weighted by Crippen LogP contribution is -3.12. The number of rotatable bonds is 7. The summed E-state index contributed by atoms with van der Waals surface area (Å²) < 4.78 is 0. The molecule has 1 aliphatic rings. The number of quaternary nitrogens is 1. The highest BCUT2D eigenvalue weighted by Gasteiger charge is 2.54. The molecule has 5 nitrogen and oxygen atoms in total. The van der Waals surface area contributed by atoms with Crippen LogP contribution in [0.1, 0.15) is 34.7 Å². The van der Waals surface area contributed by atoms with Crippen molar-refractivity contribution in [2.45, 2.75) is 32.9 Å². The second-order valence-corrected chi connectivity index (χ2v) is 8.50. The van der Waals surface area contributed by atoms with Crippen LogP contribution >= 0.6 is 0 Å². The van der Waals surface area contributed by atoms with Crippen LogP contribution in [0.3, 0.4) is 0 Å². The van der Waals surface area contributed by atoms with E-state index in [1.165, 1.54) is 10.5 Å². The van der Waals surface area contributed by atoms with Crippen molar-refractivity contribution in [3.8, 4) is 0 Å². The Morgan fingerprint density at radius 1 is 0.844 bits per heavy atom. The van der Waals surface area contributed by atoms with Gasteiger partial charge < -0.3 is 10.2 Å². The fourth-order valence-corrected chi connectivity index (χ4v) is 4.34. The molecule has 0 radical (unpaired) electrons. The van der Waals surface area contributed by atoms with E-state index in [4.69, 9.17) is 0 Å². The Hall–Kier alpha value is -3.44. The van der Waals surface area contributed by atoms with Crippen LogP contribution in [0.25, 0.3) is 0 Å². The molecule has 0 aliphatic carbocycles. The first-order chi connectivity index (χ1) is 15.5. The lowest BCUT2D eigenvalue weighted by Gasteiger charge is -2.29. The van der Waals surface area contributed by atoms with Gasteiger partial charge >= 0.3 is 6.03 Å². The number of benzene rings is 3. The lowest BCUT2D eigenvalue weighted by molar-refractivity contribution is -0.919. The first-order valence-corrected chi connectivity index (χ1v) is 11.1. The van der Waals surface area contributed by atoms with Gasteiger partial charge in [-0.05, 0) is 43.0 Å². The Balaban J connectivity index is 1.71. The average Bonchev–Trinajstić information content (AvgIpc) is 3.07. The van der Waals surface area contributed by atoms with Crippen LogP contribution in [0, 0.1) is 13.8 Å². The molecule has 4 rings (SSSR count). The van der Waals surface area contributed by atoms with Crippen molar-refractivity contribution in [1.29, 1.82) is 0 Å². The van der Waals surface area contributed by atoms with Crippen molar-refractivity contribution in [2.24, 2.45) is 0 Å². The van der Waals surface area contributed by atoms with Gasteiger partial charge in [0, 0.05) is 5.56 Å². The monoisotopic (exact) mass is 428 g/mol. The van der Waals surface area contributed by atoms with Crippen molar-refractivity contribution < 1.29 is 14.5 Å². The van der Waals surface area contributed by atoms with E-state index in [1.807, 2.05) is 80.6 Å². The maximum atomic E-state index is 14.0. The minimum atomic E-state index is -1.22. The number of urea groups is 1. The molecule has 0 aromatic heterocycles. The molecule has 5 heteroatoms. The topological polar surface area (TPSA) is 53.9 Å². The highest BCUT2D eigenvalue weighted by molar-refractivity contribution is 6.09. The molecule has 1 unspecified atom stereocenters. The molecule has 0 saturated carbocycles. The van der Waals surface area contributed by atoms with Gasteiger partial charge in [-0.25, -0.2) is 9.69 Å². The van der Waals surface area contributed by atoms with Gasteiger partial charge in [0.15, 0.2) is 12.2 Å². The fourth-order valence-electron chi connectivity index (χ4n) is 4.34. The van der Waals surface area contributed by atoms with Gasteiger partial charge in [-0.1, -0.05) is 78.9 Å². The fraction of sp³-hybridized carbons (Fsp3) is 0.259. The molecule has 3 aromatic rings. The minimum absolute atomic E-state index is 0.226. The summed E-state index contributed by atoms with van der Waals surface area (Å²) in [5.74, 6) is -0.226. The first kappa shape index (κ1) is 21.8. The number of carbonyl (C=O) groups excluding carboxylic acids is 2. The zero-order valence-electron chi connectivity index (χ0n) is 18.9. The van der Waals surface area contributed by atoms with Crippen LogP contribution in [-0.2, 0) is 16.9 Å². The number of nitrogens with one attached hydrogen (secondary N) is 2. The molecular weight excluding hydrogens is 398 g/mol. The van der Waals surface area contributed by atoms with Crippen molar-refractivity contribution in [3.05, 3.63) is 107 Å². The normalized spacial score (nSPS) is 19.2. The summed E-state index contributed by atoms with van der Waals surface area (Å²) >= 11 is 0. The molecule has 164 valence electrons. The van der Waals surface area contributed by atoms with Crippen molar-refractivity contribution in [2.75, 3.05) is 13.2 Å². The van der Waals surface area contributed by atoms with E-state index in [1.54, 1.807) is 0 Å². The molecular formula is C27H30N3O2+. The molecule has 3 amide bonds. The van der Waals surface area contributed by atoms with E-state index >= 15 is 0 Å². The van der Waals surface area contributed by atoms with E-state index in [0.29, 0.717) is 6.67 Å². The van der Waals surface area contributed by atoms with Gasteiger partial charge in [-0.15, -0.1) is 0 Å². The summed E-state index contributed by atoms with van der Waals surface area (Å²) in [4.78, 5) is 29.7. The smallest absolute Gasteiger partial charge is 0.315 e. The minimum Gasteiger partial charge on any atom is -0.315 e. The number of carbonyl (C=O) groups is 2. The predicted octanol–water partition coefficient (Wildman–Crippen LogP) is 3.16. The summed E-state index contributed by atoms with van der Waals surface area (Å²) in [6.45, 7) is 8.01. The maximum absolute atomic E-state index is 14.0. The van der Waals surface area contributed by atoms with Gasteiger partial charge in [0.05, 0.1) is 6.54 Å². The predicted molar refractivity (Wildman–Crippen MR) is 125 cm³/mol. The van der Waals surface area contributed by atoms with Crippen LogP contribution < -0.4 is 10.2 Å². The van der Waals surface area contributed by atoms with Crippen LogP contribution in [0.15, 0.2) is 78.9 Å². The second-order valence-electron chi connectivity index (χ2n) is 8.50. The standard InChI is InChI=1S/C27H29N3O2/c1-4-29(18-22-11-7-5-8-12-22)19-30-25(31)27(28-26(30)32,23-13-9-6-10-14-23)24-16-15-20(2)21(3)17-24/h5-17H,4,18-19H2,1-3H3,(H,28,32)/p+1/t27-/m0/s1. The molecule has 1 heterocycles. The molecule has 0 bridgehead atoms. The number of nitrogens with zero attached hydrogens (tertiary/aromatic N) is 1.